The van der Waals surface area contributed by atoms with E-state index in [1.807, 2.05) is 6.07 Å². The number of nitrogens with zero attached hydrogens (tertiary/aromatic N) is 8. The molecule has 1 aliphatic rings. The van der Waals surface area contributed by atoms with Crippen LogP contribution in [0.15, 0.2) is 70.0 Å². The second-order valence-electron chi connectivity index (χ2n) is 9.77. The minimum absolute atomic E-state index is 0.0346. The van der Waals surface area contributed by atoms with Crippen molar-refractivity contribution in [2.75, 3.05) is 0 Å². The van der Waals surface area contributed by atoms with Crippen LogP contribution in [0.4, 0.5) is 39.5 Å². The van der Waals surface area contributed by atoms with Gasteiger partial charge in [-0.1, -0.05) is 0 Å². The molecular weight excluding hydrogens is 643 g/mol. The zero-order chi connectivity index (χ0) is 34.5. The predicted octanol–water partition coefficient (Wildman–Crippen LogP) is 6.97. The number of hydrogen-bond acceptors (Lipinski definition) is 7. The van der Waals surface area contributed by atoms with Gasteiger partial charge in [-0.3, -0.25) is 0 Å². The van der Waals surface area contributed by atoms with Crippen molar-refractivity contribution < 1.29 is 39.5 Å². The van der Waals surface area contributed by atoms with Crippen LogP contribution in [-0.4, -0.2) is 15.0 Å². The summed E-state index contributed by atoms with van der Waals surface area (Å²) < 4.78 is 123. The van der Waals surface area contributed by atoms with Crippen LogP contribution in [-0.2, 0) is 18.5 Å². The third kappa shape index (κ3) is 6.35. The maximum Gasteiger partial charge on any atom is 0.416 e. The third-order valence-electron chi connectivity index (χ3n) is 6.53. The quantitative estimate of drug-likeness (QED) is 0.134. The Morgan fingerprint density at radius 3 is 1.70 bits per heavy atom. The average Bonchev–Trinajstić information content (AvgIpc) is 3.43. The molecule has 0 unspecified atom stereocenters. The van der Waals surface area contributed by atoms with E-state index in [0.717, 1.165) is 6.07 Å². The summed E-state index contributed by atoms with van der Waals surface area (Å²) in [5.74, 6) is -2.21. The van der Waals surface area contributed by atoms with Gasteiger partial charge < -0.3 is 0 Å². The van der Waals surface area contributed by atoms with Crippen molar-refractivity contribution in [3.05, 3.63) is 110 Å². The summed E-state index contributed by atoms with van der Waals surface area (Å²) in [6, 6.07) is 9.09. The highest BCUT2D eigenvalue weighted by atomic mass is 19.4. The molecule has 234 valence electrons. The number of hydrogen-bond donors (Lipinski definition) is 0. The van der Waals surface area contributed by atoms with Gasteiger partial charge in [-0.25, -0.2) is 35.0 Å². The van der Waals surface area contributed by atoms with Gasteiger partial charge in [0, 0.05) is 16.7 Å². The van der Waals surface area contributed by atoms with E-state index in [4.69, 9.17) is 6.57 Å². The molecule has 1 aliphatic heterocycles. The maximum absolute atomic E-state index is 13.7. The van der Waals surface area contributed by atoms with Gasteiger partial charge in [-0.2, -0.15) is 44.8 Å². The lowest BCUT2D eigenvalue weighted by Gasteiger charge is -2.15. The Kier molecular flexibility index (Phi) is 7.78. The fourth-order valence-electron chi connectivity index (χ4n) is 4.47. The molecule has 1 aromatic heterocycles. The van der Waals surface area contributed by atoms with Crippen LogP contribution in [0.25, 0.3) is 39.0 Å². The summed E-state index contributed by atoms with van der Waals surface area (Å²) >= 11 is 0. The molecule has 0 aliphatic carbocycles. The van der Waals surface area contributed by atoms with Crippen molar-refractivity contribution in [1.29, 1.82) is 10.5 Å². The molecule has 0 bridgehead atoms. The molecule has 8 nitrogen and oxygen atoms in total. The van der Waals surface area contributed by atoms with Crippen LogP contribution in [0.2, 0.25) is 0 Å². The lowest BCUT2D eigenvalue weighted by atomic mass is 10.0. The maximum atomic E-state index is 13.7. The van der Waals surface area contributed by atoms with E-state index < -0.39 is 64.0 Å². The van der Waals surface area contributed by atoms with Crippen molar-refractivity contribution in [2.24, 2.45) is 9.98 Å². The Balaban J connectivity index is 1.86. The van der Waals surface area contributed by atoms with Crippen molar-refractivity contribution >= 4 is 0 Å². The number of rotatable bonds is 3. The SMILES string of the molecule is [C-]#[N+]/C(C#N)=C1\N=c2ccc(-c3nc(-c4cc(C)cc(C(F)(F)F)c4)nc(-c4cc(C(F)(F)F)cc(C(F)(F)F)c4)n3)c(C#N)c2=N1. The lowest BCUT2D eigenvalue weighted by molar-refractivity contribution is -0.143. The molecule has 5 rings (SSSR count). The molecule has 3 aromatic carbocycles. The smallest absolute Gasteiger partial charge is 0.238 e. The van der Waals surface area contributed by atoms with Crippen LogP contribution in [0, 0.1) is 36.2 Å². The molecular formula is C30H11F9N8. The highest BCUT2D eigenvalue weighted by molar-refractivity contribution is 5.71. The normalized spacial score (nSPS) is 13.9. The Morgan fingerprint density at radius 2 is 1.21 bits per heavy atom. The summed E-state index contributed by atoms with van der Waals surface area (Å²) in [6.45, 7) is 8.43. The zero-order valence-corrected chi connectivity index (χ0v) is 23.1. The van der Waals surface area contributed by atoms with E-state index in [1.165, 1.54) is 25.1 Å². The molecule has 0 radical (unpaired) electrons. The van der Waals surface area contributed by atoms with E-state index in [0.29, 0.717) is 18.2 Å². The van der Waals surface area contributed by atoms with Crippen molar-refractivity contribution in [2.45, 2.75) is 25.5 Å². The molecule has 0 atom stereocenters. The van der Waals surface area contributed by atoms with Crippen LogP contribution in [0.3, 0.4) is 0 Å². The summed E-state index contributed by atoms with van der Waals surface area (Å²) in [7, 11) is 0. The Labute approximate surface area is 257 Å². The molecule has 17 heteroatoms. The first-order valence-electron chi connectivity index (χ1n) is 12.7. The van der Waals surface area contributed by atoms with Gasteiger partial charge in [-0.15, -0.1) is 0 Å². The monoisotopic (exact) mass is 654 g/mol. The molecule has 0 N–H and O–H groups in total. The number of aromatic nitrogens is 3. The molecule has 0 amide bonds. The number of nitriles is 2. The van der Waals surface area contributed by atoms with Crippen molar-refractivity contribution in [1.82, 2.24) is 15.0 Å². The molecule has 0 saturated carbocycles. The fraction of sp³-hybridized carbons (Fsp3) is 0.133. The average molecular weight is 654 g/mol. The lowest BCUT2D eigenvalue weighted by Crippen LogP contribution is -2.25. The third-order valence-corrected chi connectivity index (χ3v) is 6.53. The first-order valence-corrected chi connectivity index (χ1v) is 12.7. The van der Waals surface area contributed by atoms with E-state index in [-0.39, 0.29) is 44.9 Å². The standard InChI is InChI=1S/C30H11F9N8/c1-13-5-14(7-16(6-13)28(31,32)33)24-45-25(15-8-17(29(34,35)36)10-18(9-15)30(37,38)39)47-26(46-24)19-3-4-21-23(20(19)11-40)44-27(43-21)22(12-41)42-2/h3-10H,1H3/b27-22+. The van der Waals surface area contributed by atoms with E-state index in [2.05, 4.69) is 29.8 Å². The summed E-state index contributed by atoms with van der Waals surface area (Å²) in [4.78, 5) is 23.2. The van der Waals surface area contributed by atoms with Crippen LogP contribution in [0.5, 0.6) is 0 Å². The summed E-state index contributed by atoms with van der Waals surface area (Å²) in [5, 5.41) is 19.1. The predicted molar refractivity (Wildman–Crippen MR) is 142 cm³/mol. The topological polar surface area (TPSA) is 115 Å². The van der Waals surface area contributed by atoms with Gasteiger partial charge in [0.1, 0.15) is 11.4 Å². The number of aryl methyl sites for hydroxylation is 1. The summed E-state index contributed by atoms with van der Waals surface area (Å²) in [6.07, 6.45) is -15.3. The molecule has 2 heterocycles. The Hall–Kier alpha value is -6.15. The van der Waals surface area contributed by atoms with E-state index in [9.17, 15) is 50.0 Å². The second-order valence-corrected chi connectivity index (χ2v) is 9.77. The molecule has 0 spiro atoms. The minimum atomic E-state index is -5.25. The van der Waals surface area contributed by atoms with Crippen molar-refractivity contribution in [3.8, 4) is 46.3 Å². The first kappa shape index (κ1) is 32.2. The van der Waals surface area contributed by atoms with Gasteiger partial charge in [0.15, 0.2) is 23.3 Å². The molecule has 0 saturated heterocycles. The first-order chi connectivity index (χ1) is 21.9. The Bertz CT molecular complexity index is 2220. The largest absolute Gasteiger partial charge is 0.416 e. The number of halogens is 9. The van der Waals surface area contributed by atoms with Crippen LogP contribution in [0.1, 0.15) is 27.8 Å². The zero-order valence-electron chi connectivity index (χ0n) is 23.1. The van der Waals surface area contributed by atoms with Gasteiger partial charge in [0.25, 0.3) is 0 Å². The highest BCUT2D eigenvalue weighted by Gasteiger charge is 2.37. The molecule has 0 fully saturated rings. The molecule has 47 heavy (non-hydrogen) atoms. The van der Waals surface area contributed by atoms with E-state index in [1.54, 1.807) is 6.07 Å². The second kappa shape index (κ2) is 11.3. The summed E-state index contributed by atoms with van der Waals surface area (Å²) in [5.41, 5.74) is -6.64. The number of fused-ring (bicyclic) bond motifs is 1. The number of benzene rings is 3. The van der Waals surface area contributed by atoms with E-state index >= 15 is 0 Å². The van der Waals surface area contributed by atoms with Crippen LogP contribution >= 0.6 is 0 Å². The van der Waals surface area contributed by atoms with Gasteiger partial charge >= 0.3 is 24.2 Å². The van der Waals surface area contributed by atoms with Crippen LogP contribution < -0.4 is 10.7 Å². The highest BCUT2D eigenvalue weighted by Crippen LogP contribution is 2.39. The van der Waals surface area contributed by atoms with Gasteiger partial charge in [-0.05, 0) is 61.0 Å². The molecule has 4 aromatic rings. The fourth-order valence-corrected chi connectivity index (χ4v) is 4.47. The van der Waals surface area contributed by atoms with Crippen molar-refractivity contribution in [3.63, 3.8) is 0 Å². The number of alkyl halides is 9. The number of allylic oxidation sites excluding steroid dienone is 1. The van der Waals surface area contributed by atoms with Gasteiger partial charge in [0.05, 0.1) is 40.3 Å². The minimum Gasteiger partial charge on any atom is -0.238 e. The van der Waals surface area contributed by atoms with Gasteiger partial charge in [0.2, 0.25) is 0 Å². The Morgan fingerprint density at radius 1 is 0.702 bits per heavy atom.